The van der Waals surface area contributed by atoms with Crippen molar-refractivity contribution in [2.75, 3.05) is 11.5 Å². The van der Waals surface area contributed by atoms with Crippen LogP contribution in [0.4, 0.5) is 20.4 Å². The van der Waals surface area contributed by atoms with E-state index in [1.165, 1.54) is 17.0 Å². The number of nitrogens with two attached hydrogens (primary N) is 2. The van der Waals surface area contributed by atoms with Crippen molar-refractivity contribution in [2.45, 2.75) is 43.0 Å². The lowest BCUT2D eigenvalue weighted by atomic mass is 9.94. The second-order valence-electron chi connectivity index (χ2n) is 8.63. The van der Waals surface area contributed by atoms with E-state index in [1.54, 1.807) is 18.2 Å². The van der Waals surface area contributed by atoms with Crippen molar-refractivity contribution in [3.05, 3.63) is 48.4 Å². The van der Waals surface area contributed by atoms with Crippen molar-refractivity contribution < 1.29 is 28.5 Å². The normalized spacial score (nSPS) is 28.6. The number of aliphatic hydroxyl groups excluding tert-OH is 1. The maximum absolute atomic E-state index is 14.5. The Balaban J connectivity index is 1.31. The first-order valence-corrected chi connectivity index (χ1v) is 10.6. The van der Waals surface area contributed by atoms with Gasteiger partial charge in [0, 0.05) is 17.6 Å². The summed E-state index contributed by atoms with van der Waals surface area (Å²) in [7, 11) is 0. The lowest BCUT2D eigenvalue weighted by Gasteiger charge is -2.26. The number of nitrogens with zero attached hydrogens (tertiary/aromatic N) is 4. The number of aliphatic hydroxyl groups is 2. The summed E-state index contributed by atoms with van der Waals surface area (Å²) in [5, 5.41) is 22.8. The van der Waals surface area contributed by atoms with Crippen LogP contribution < -0.4 is 16.2 Å². The van der Waals surface area contributed by atoms with Gasteiger partial charge >= 0.3 is 0 Å². The van der Waals surface area contributed by atoms with Gasteiger partial charge in [-0.15, -0.1) is 0 Å². The Kier molecular flexibility index (Phi) is 4.43. The summed E-state index contributed by atoms with van der Waals surface area (Å²) in [4.78, 5) is 11.9. The minimum Gasteiger partial charge on any atom is -0.488 e. The molecule has 1 aromatic carbocycles. The number of hydrogen-bond donors (Lipinski definition) is 4. The molecule has 176 valence electrons. The summed E-state index contributed by atoms with van der Waals surface area (Å²) in [5.74, 6) is -1.12. The number of nitrogen functional groups attached to an aromatic ring is 2. The highest BCUT2D eigenvalue weighted by Gasteiger charge is 2.63. The molecular formula is C22H20F2N6O4. The molecule has 2 fully saturated rings. The lowest BCUT2D eigenvalue weighted by Crippen LogP contribution is -2.47. The van der Waals surface area contributed by atoms with Crippen molar-refractivity contribution >= 4 is 33.6 Å². The van der Waals surface area contributed by atoms with E-state index in [4.69, 9.17) is 20.9 Å². The monoisotopic (exact) mass is 470 g/mol. The third kappa shape index (κ3) is 2.92. The summed E-state index contributed by atoms with van der Waals surface area (Å²) in [6.07, 6.45) is -1.13. The SMILES string of the molecule is Nc1nc2cc(OC3CC[C@@]4(O)[C@@H]3O[C@@H](n3cc(F)c5c(N)ncnc53)[C@@H]4O)ccc2cc1F. The number of rotatable bonds is 3. The first-order chi connectivity index (χ1) is 16.3. The van der Waals surface area contributed by atoms with E-state index in [0.29, 0.717) is 23.1 Å². The van der Waals surface area contributed by atoms with E-state index in [0.717, 1.165) is 6.20 Å². The third-order valence-corrected chi connectivity index (χ3v) is 6.65. The Labute approximate surface area is 190 Å². The van der Waals surface area contributed by atoms with E-state index < -0.39 is 41.8 Å². The van der Waals surface area contributed by atoms with Crippen molar-refractivity contribution in [3.63, 3.8) is 0 Å². The number of fused-ring (bicyclic) bond motifs is 3. The first kappa shape index (κ1) is 21.0. The van der Waals surface area contributed by atoms with E-state index >= 15 is 0 Å². The molecule has 1 saturated carbocycles. The molecule has 12 heteroatoms. The van der Waals surface area contributed by atoms with Gasteiger partial charge in [-0.25, -0.2) is 23.7 Å². The molecule has 0 bridgehead atoms. The second kappa shape index (κ2) is 7.19. The molecule has 4 heterocycles. The van der Waals surface area contributed by atoms with Crippen LogP contribution in [-0.4, -0.2) is 53.6 Å². The number of halogens is 2. The van der Waals surface area contributed by atoms with Crippen LogP contribution in [0.25, 0.3) is 21.9 Å². The van der Waals surface area contributed by atoms with Gasteiger partial charge in [0.25, 0.3) is 0 Å². The topological polar surface area (TPSA) is 155 Å². The zero-order chi connectivity index (χ0) is 23.8. The molecule has 1 saturated heterocycles. The highest BCUT2D eigenvalue weighted by molar-refractivity contribution is 5.87. The molecule has 3 aromatic heterocycles. The van der Waals surface area contributed by atoms with E-state index in [1.807, 2.05) is 0 Å². The predicted octanol–water partition coefficient (Wildman–Crippen LogP) is 1.65. The highest BCUT2D eigenvalue weighted by Crippen LogP contribution is 2.48. The van der Waals surface area contributed by atoms with Crippen LogP contribution in [0.3, 0.4) is 0 Å². The predicted molar refractivity (Wildman–Crippen MR) is 117 cm³/mol. The number of hydrogen-bond acceptors (Lipinski definition) is 9. The van der Waals surface area contributed by atoms with Crippen LogP contribution in [0.1, 0.15) is 19.1 Å². The molecule has 6 rings (SSSR count). The molecule has 1 aliphatic heterocycles. The Morgan fingerprint density at radius 1 is 1.15 bits per heavy atom. The summed E-state index contributed by atoms with van der Waals surface area (Å²) in [5.41, 5.74) is 10.3. The molecule has 6 N–H and O–H groups in total. The molecule has 4 aromatic rings. The van der Waals surface area contributed by atoms with Gasteiger partial charge in [-0.05, 0) is 31.0 Å². The number of pyridine rings is 1. The van der Waals surface area contributed by atoms with Crippen LogP contribution in [-0.2, 0) is 4.74 Å². The largest absolute Gasteiger partial charge is 0.488 e. The molecule has 2 aliphatic rings. The van der Waals surface area contributed by atoms with Crippen LogP contribution in [0, 0.1) is 11.6 Å². The van der Waals surface area contributed by atoms with Crippen LogP contribution in [0.15, 0.2) is 36.8 Å². The zero-order valence-corrected chi connectivity index (χ0v) is 17.6. The summed E-state index contributed by atoms with van der Waals surface area (Å²) in [6.45, 7) is 0. The number of aromatic nitrogens is 4. The second-order valence-corrected chi connectivity index (χ2v) is 8.63. The van der Waals surface area contributed by atoms with Crippen LogP contribution >= 0.6 is 0 Å². The van der Waals surface area contributed by atoms with Gasteiger partial charge in [-0.2, -0.15) is 0 Å². The maximum atomic E-state index is 14.5. The molecule has 0 amide bonds. The Morgan fingerprint density at radius 2 is 1.97 bits per heavy atom. The van der Waals surface area contributed by atoms with Crippen LogP contribution in [0.5, 0.6) is 5.75 Å². The maximum Gasteiger partial charge on any atom is 0.165 e. The van der Waals surface area contributed by atoms with Crippen molar-refractivity contribution in [2.24, 2.45) is 0 Å². The molecule has 0 spiro atoms. The van der Waals surface area contributed by atoms with Crippen molar-refractivity contribution in [1.29, 1.82) is 0 Å². The Morgan fingerprint density at radius 3 is 2.79 bits per heavy atom. The van der Waals surface area contributed by atoms with E-state index in [2.05, 4.69) is 15.0 Å². The minimum atomic E-state index is -1.62. The summed E-state index contributed by atoms with van der Waals surface area (Å²) >= 11 is 0. The average molecular weight is 470 g/mol. The number of anilines is 2. The molecule has 10 nitrogen and oxygen atoms in total. The Hall–Kier alpha value is -3.61. The molecular weight excluding hydrogens is 450 g/mol. The minimum absolute atomic E-state index is 0.00882. The highest BCUT2D eigenvalue weighted by atomic mass is 19.1. The molecule has 5 atom stereocenters. The van der Waals surface area contributed by atoms with E-state index in [9.17, 15) is 19.0 Å². The van der Waals surface area contributed by atoms with Crippen molar-refractivity contribution in [3.8, 4) is 5.75 Å². The lowest BCUT2D eigenvalue weighted by molar-refractivity contribution is -0.0791. The average Bonchev–Trinajstić information content (AvgIpc) is 3.39. The fourth-order valence-corrected chi connectivity index (χ4v) is 4.96. The number of benzene rings is 1. The van der Waals surface area contributed by atoms with Gasteiger partial charge in [-0.3, -0.25) is 0 Å². The standard InChI is InChI=1S/C22H20F2N6O4/c23-11-5-9-1-2-10(6-13(9)29-18(11)25)33-14-3-4-22(32)16(31)21(34-17(14)22)30-7-12(24)15-19(26)27-8-28-20(15)30/h1-2,5-8,14,16-17,21,31-32H,3-4H2,(H2,25,29)(H2,26,27,28)/t14?,16-,17+,21+,22-/m0/s1. The Bertz CT molecular complexity index is 1450. The summed E-state index contributed by atoms with van der Waals surface area (Å²) < 4.78 is 41.6. The molecule has 34 heavy (non-hydrogen) atoms. The van der Waals surface area contributed by atoms with Gasteiger partial charge in [0.2, 0.25) is 0 Å². The van der Waals surface area contributed by atoms with Gasteiger partial charge in [0.15, 0.2) is 29.3 Å². The molecule has 0 radical (unpaired) electrons. The van der Waals surface area contributed by atoms with Gasteiger partial charge in [0.05, 0.1) is 10.9 Å². The fourth-order valence-electron chi connectivity index (χ4n) is 4.96. The summed E-state index contributed by atoms with van der Waals surface area (Å²) in [6, 6.07) is 6.19. The first-order valence-electron chi connectivity index (χ1n) is 10.6. The van der Waals surface area contributed by atoms with Crippen LogP contribution in [0.2, 0.25) is 0 Å². The zero-order valence-electron chi connectivity index (χ0n) is 17.6. The third-order valence-electron chi connectivity index (χ3n) is 6.65. The van der Waals surface area contributed by atoms with Gasteiger partial charge < -0.3 is 35.7 Å². The fraction of sp³-hybridized carbons (Fsp3) is 0.318. The molecule has 1 aliphatic carbocycles. The quantitative estimate of drug-likeness (QED) is 0.350. The smallest absolute Gasteiger partial charge is 0.165 e. The molecule has 1 unspecified atom stereocenters. The van der Waals surface area contributed by atoms with E-state index in [-0.39, 0.29) is 29.1 Å². The van der Waals surface area contributed by atoms with Gasteiger partial charge in [-0.1, -0.05) is 0 Å². The van der Waals surface area contributed by atoms with Crippen molar-refractivity contribution in [1.82, 2.24) is 19.5 Å². The number of ether oxygens (including phenoxy) is 2. The van der Waals surface area contributed by atoms with Gasteiger partial charge in [0.1, 0.15) is 41.8 Å².